The minimum Gasteiger partial charge on any atom is -0.457 e. The van der Waals surface area contributed by atoms with E-state index in [-0.39, 0.29) is 5.78 Å². The summed E-state index contributed by atoms with van der Waals surface area (Å²) in [6.07, 6.45) is 0.290. The van der Waals surface area contributed by atoms with Crippen LogP contribution in [0.4, 0.5) is 0 Å². The molecule has 0 saturated carbocycles. The van der Waals surface area contributed by atoms with Crippen LogP contribution in [0.2, 0.25) is 5.02 Å². The Morgan fingerprint density at radius 3 is 2.09 bits per heavy atom. The van der Waals surface area contributed by atoms with Crippen molar-refractivity contribution in [3.63, 3.8) is 0 Å². The number of hydrogen-bond acceptors (Lipinski definition) is 2. The van der Waals surface area contributed by atoms with Crippen molar-refractivity contribution >= 4 is 17.4 Å². The van der Waals surface area contributed by atoms with E-state index < -0.39 is 0 Å². The molecule has 0 atom stereocenters. The molecule has 0 saturated heterocycles. The molecule has 0 aliphatic carbocycles. The molecule has 0 aliphatic rings. The lowest BCUT2D eigenvalue weighted by molar-refractivity contribution is 0.0993. The van der Waals surface area contributed by atoms with Crippen molar-refractivity contribution < 1.29 is 9.53 Å². The van der Waals surface area contributed by atoms with E-state index in [1.165, 1.54) is 0 Å². The van der Waals surface area contributed by atoms with E-state index in [9.17, 15) is 4.79 Å². The van der Waals surface area contributed by atoms with Crippen molar-refractivity contribution in [2.45, 2.75) is 6.42 Å². The number of halogens is 1. The molecule has 3 heteroatoms. The summed E-state index contributed by atoms with van der Waals surface area (Å²) in [5.41, 5.74) is 1.48. The summed E-state index contributed by atoms with van der Waals surface area (Å²) < 4.78 is 5.72. The molecule has 0 aromatic heterocycles. The molecule has 3 rings (SSSR count). The van der Waals surface area contributed by atoms with Gasteiger partial charge in [-0.1, -0.05) is 48.0 Å². The number of carbonyl (C=O) groups excluding carboxylic acids is 1. The zero-order valence-corrected chi connectivity index (χ0v) is 13.2. The SMILES string of the molecule is O=C(Cc1ccccc1Cl)c1ccc(Oc2ccccc2)cc1. The van der Waals surface area contributed by atoms with Crippen molar-refractivity contribution in [2.75, 3.05) is 0 Å². The van der Waals surface area contributed by atoms with Gasteiger partial charge in [0.1, 0.15) is 11.5 Å². The fraction of sp³-hybridized carbons (Fsp3) is 0.0500. The summed E-state index contributed by atoms with van der Waals surface area (Å²) in [6.45, 7) is 0. The Balaban J connectivity index is 1.69. The molecule has 2 nitrogen and oxygen atoms in total. The second kappa shape index (κ2) is 7.12. The minimum atomic E-state index is 0.0318. The topological polar surface area (TPSA) is 26.3 Å². The van der Waals surface area contributed by atoms with Gasteiger partial charge in [0.15, 0.2) is 5.78 Å². The van der Waals surface area contributed by atoms with E-state index in [1.807, 2.05) is 48.5 Å². The number of hydrogen-bond donors (Lipinski definition) is 0. The number of Topliss-reactive ketones (excluding diaryl/α,β-unsaturated/α-hetero) is 1. The van der Waals surface area contributed by atoms with Crippen LogP contribution in [0.3, 0.4) is 0 Å². The highest BCUT2D eigenvalue weighted by Gasteiger charge is 2.09. The van der Waals surface area contributed by atoms with Gasteiger partial charge in [-0.3, -0.25) is 4.79 Å². The highest BCUT2D eigenvalue weighted by molar-refractivity contribution is 6.31. The van der Waals surface area contributed by atoms with Crippen molar-refractivity contribution in [3.8, 4) is 11.5 Å². The Kier molecular flexibility index (Phi) is 4.74. The summed E-state index contributed by atoms with van der Waals surface area (Å²) in [6, 6.07) is 24.1. The lowest BCUT2D eigenvalue weighted by Crippen LogP contribution is -2.03. The fourth-order valence-electron chi connectivity index (χ4n) is 2.25. The normalized spacial score (nSPS) is 10.3. The third kappa shape index (κ3) is 3.99. The van der Waals surface area contributed by atoms with Gasteiger partial charge in [0.05, 0.1) is 0 Å². The number of carbonyl (C=O) groups is 1. The number of ketones is 1. The molecule has 3 aromatic carbocycles. The second-order valence-corrected chi connectivity index (χ2v) is 5.54. The van der Waals surface area contributed by atoms with Crippen molar-refractivity contribution in [2.24, 2.45) is 0 Å². The molecule has 3 aromatic rings. The number of rotatable bonds is 5. The maximum absolute atomic E-state index is 12.3. The Morgan fingerprint density at radius 1 is 0.783 bits per heavy atom. The first-order chi connectivity index (χ1) is 11.2. The largest absolute Gasteiger partial charge is 0.457 e. The zero-order valence-electron chi connectivity index (χ0n) is 12.4. The van der Waals surface area contributed by atoms with Gasteiger partial charge < -0.3 is 4.74 Å². The maximum Gasteiger partial charge on any atom is 0.167 e. The van der Waals surface area contributed by atoms with E-state index in [4.69, 9.17) is 16.3 Å². The summed E-state index contributed by atoms with van der Waals surface area (Å²) in [5, 5.41) is 0.616. The van der Waals surface area contributed by atoms with Crippen LogP contribution < -0.4 is 4.74 Å². The highest BCUT2D eigenvalue weighted by Crippen LogP contribution is 2.22. The van der Waals surface area contributed by atoms with Gasteiger partial charge >= 0.3 is 0 Å². The van der Waals surface area contributed by atoms with Crippen molar-refractivity contribution in [1.29, 1.82) is 0 Å². The van der Waals surface area contributed by atoms with Gasteiger partial charge in [0.2, 0.25) is 0 Å². The van der Waals surface area contributed by atoms with Crippen LogP contribution in [0.5, 0.6) is 11.5 Å². The van der Waals surface area contributed by atoms with Gasteiger partial charge in [0, 0.05) is 17.0 Å². The maximum atomic E-state index is 12.3. The van der Waals surface area contributed by atoms with Crippen molar-refractivity contribution in [3.05, 3.63) is 95.0 Å². The molecule has 23 heavy (non-hydrogen) atoms. The molecule has 0 N–H and O–H groups in total. The molecular formula is C20H15ClO2. The van der Waals surface area contributed by atoms with Crippen LogP contribution in [-0.2, 0) is 6.42 Å². The van der Waals surface area contributed by atoms with Crippen LogP contribution >= 0.6 is 11.6 Å². The smallest absolute Gasteiger partial charge is 0.167 e. The summed E-state index contributed by atoms with van der Waals surface area (Å²) >= 11 is 6.10. The molecule has 0 spiro atoms. The molecule has 0 bridgehead atoms. The van der Waals surface area contributed by atoms with Gasteiger partial charge in [-0.2, -0.15) is 0 Å². The molecule has 0 amide bonds. The minimum absolute atomic E-state index is 0.0318. The lowest BCUT2D eigenvalue weighted by atomic mass is 10.0. The first-order valence-electron chi connectivity index (χ1n) is 7.32. The molecule has 0 radical (unpaired) electrons. The van der Waals surface area contributed by atoms with Crippen LogP contribution in [0.15, 0.2) is 78.9 Å². The van der Waals surface area contributed by atoms with Gasteiger partial charge in [-0.25, -0.2) is 0 Å². The summed E-state index contributed by atoms with van der Waals surface area (Å²) in [7, 11) is 0. The van der Waals surface area contributed by atoms with Crippen LogP contribution in [0, 0.1) is 0 Å². The van der Waals surface area contributed by atoms with Crippen molar-refractivity contribution in [1.82, 2.24) is 0 Å². The highest BCUT2D eigenvalue weighted by atomic mass is 35.5. The van der Waals surface area contributed by atoms with Crippen LogP contribution in [-0.4, -0.2) is 5.78 Å². The second-order valence-electron chi connectivity index (χ2n) is 5.13. The van der Waals surface area contributed by atoms with E-state index in [2.05, 4.69) is 0 Å². The van der Waals surface area contributed by atoms with Crippen LogP contribution in [0.25, 0.3) is 0 Å². The third-order valence-corrected chi connectivity index (χ3v) is 3.83. The number of benzene rings is 3. The Labute approximate surface area is 140 Å². The van der Waals surface area contributed by atoms with Gasteiger partial charge in [-0.05, 0) is 48.0 Å². The third-order valence-electron chi connectivity index (χ3n) is 3.46. The zero-order chi connectivity index (χ0) is 16.1. The first-order valence-corrected chi connectivity index (χ1v) is 7.70. The average Bonchev–Trinajstić information content (AvgIpc) is 2.58. The molecule has 0 fully saturated rings. The number of para-hydroxylation sites is 1. The average molecular weight is 323 g/mol. The van der Waals surface area contributed by atoms with E-state index in [0.717, 1.165) is 11.3 Å². The quantitative estimate of drug-likeness (QED) is 0.575. The molecule has 114 valence electrons. The van der Waals surface area contributed by atoms with Crippen LogP contribution in [0.1, 0.15) is 15.9 Å². The molecule has 0 heterocycles. The van der Waals surface area contributed by atoms with E-state index >= 15 is 0 Å². The lowest BCUT2D eigenvalue weighted by Gasteiger charge is -2.07. The Morgan fingerprint density at radius 2 is 1.39 bits per heavy atom. The molecule has 0 unspecified atom stereocenters. The van der Waals surface area contributed by atoms with Gasteiger partial charge in [-0.15, -0.1) is 0 Å². The summed E-state index contributed by atoms with van der Waals surface area (Å²) in [4.78, 5) is 12.3. The van der Waals surface area contributed by atoms with E-state index in [0.29, 0.717) is 22.8 Å². The van der Waals surface area contributed by atoms with E-state index in [1.54, 1.807) is 30.3 Å². The fourth-order valence-corrected chi connectivity index (χ4v) is 2.45. The predicted octanol–water partition coefficient (Wildman–Crippen LogP) is 5.56. The molecular weight excluding hydrogens is 308 g/mol. The molecule has 0 aliphatic heterocycles. The summed E-state index contributed by atoms with van der Waals surface area (Å²) in [5.74, 6) is 1.50. The standard InChI is InChI=1S/C20H15ClO2/c21-19-9-5-4-6-16(19)14-20(22)15-10-12-18(13-11-15)23-17-7-2-1-3-8-17/h1-13H,14H2. The monoisotopic (exact) mass is 322 g/mol. The first kappa shape index (κ1) is 15.3. The number of ether oxygens (including phenoxy) is 1. The Hall–Kier alpha value is -2.58. The van der Waals surface area contributed by atoms with Gasteiger partial charge in [0.25, 0.3) is 0 Å². The Bertz CT molecular complexity index is 795. The predicted molar refractivity (Wildman–Crippen MR) is 92.4 cm³/mol.